The molecular formula is C19H26N4O2. The largest absolute Gasteiger partial charge is 0.494 e. The molecule has 1 aromatic heterocycles. The van der Waals surface area contributed by atoms with Gasteiger partial charge in [-0.15, -0.1) is 0 Å². The van der Waals surface area contributed by atoms with E-state index in [0.717, 1.165) is 48.8 Å². The van der Waals surface area contributed by atoms with Crippen LogP contribution in [0.2, 0.25) is 0 Å². The average molecular weight is 342 g/mol. The van der Waals surface area contributed by atoms with Crippen molar-refractivity contribution in [2.75, 3.05) is 25.5 Å². The molecule has 6 nitrogen and oxygen atoms in total. The fourth-order valence-electron chi connectivity index (χ4n) is 3.40. The fraction of sp³-hybridized carbons (Fsp3) is 0.474. The van der Waals surface area contributed by atoms with Crippen LogP contribution in [0.1, 0.15) is 42.6 Å². The number of ether oxygens (including phenoxy) is 1. The number of nitrogens with zero attached hydrogens (tertiary/aromatic N) is 3. The quantitative estimate of drug-likeness (QED) is 0.806. The highest BCUT2D eigenvalue weighted by Gasteiger charge is 2.27. The Morgan fingerprint density at radius 2 is 2.24 bits per heavy atom. The van der Waals surface area contributed by atoms with Crippen LogP contribution >= 0.6 is 0 Å². The molecule has 6 heteroatoms. The van der Waals surface area contributed by atoms with Crippen molar-refractivity contribution in [1.82, 2.24) is 14.9 Å². The molecule has 1 saturated heterocycles. The van der Waals surface area contributed by atoms with Gasteiger partial charge in [-0.25, -0.2) is 4.98 Å². The number of likely N-dealkylation sites (tertiary alicyclic amines) is 1. The third-order valence-corrected chi connectivity index (χ3v) is 4.60. The van der Waals surface area contributed by atoms with Gasteiger partial charge in [0.1, 0.15) is 11.6 Å². The van der Waals surface area contributed by atoms with Crippen LogP contribution in [0.4, 0.5) is 5.82 Å². The summed E-state index contributed by atoms with van der Waals surface area (Å²) in [7, 11) is 1.86. The number of aliphatic hydroxyl groups is 1. The van der Waals surface area contributed by atoms with E-state index >= 15 is 0 Å². The molecule has 1 aliphatic rings. The molecule has 0 saturated carbocycles. The zero-order valence-electron chi connectivity index (χ0n) is 14.9. The van der Waals surface area contributed by atoms with E-state index in [1.165, 1.54) is 5.56 Å². The molecule has 0 bridgehead atoms. The van der Waals surface area contributed by atoms with Crippen LogP contribution in [-0.4, -0.2) is 40.2 Å². The molecule has 1 unspecified atom stereocenters. The first-order valence-corrected chi connectivity index (χ1v) is 8.84. The predicted molar refractivity (Wildman–Crippen MR) is 97.5 cm³/mol. The summed E-state index contributed by atoms with van der Waals surface area (Å²) in [6.07, 6.45) is 5.84. The number of nitrogens with one attached hydrogen (secondary N) is 1. The van der Waals surface area contributed by atoms with Crippen molar-refractivity contribution >= 4 is 5.82 Å². The van der Waals surface area contributed by atoms with E-state index in [2.05, 4.69) is 26.3 Å². The number of anilines is 1. The van der Waals surface area contributed by atoms with Crippen LogP contribution < -0.4 is 10.1 Å². The molecule has 1 aliphatic heterocycles. The van der Waals surface area contributed by atoms with Crippen molar-refractivity contribution in [2.24, 2.45) is 0 Å². The van der Waals surface area contributed by atoms with Gasteiger partial charge in [0.2, 0.25) is 0 Å². The third kappa shape index (κ3) is 4.08. The number of rotatable bonds is 7. The molecule has 0 radical (unpaired) electrons. The van der Waals surface area contributed by atoms with E-state index in [1.54, 1.807) is 6.20 Å². The summed E-state index contributed by atoms with van der Waals surface area (Å²) in [5.74, 6) is 1.56. The predicted octanol–water partition coefficient (Wildman–Crippen LogP) is 2.75. The number of hydrogen-bond acceptors (Lipinski definition) is 6. The Kier molecular flexibility index (Phi) is 5.83. The fourth-order valence-corrected chi connectivity index (χ4v) is 3.40. The zero-order chi connectivity index (χ0) is 17.6. The Balaban J connectivity index is 1.77. The highest BCUT2D eigenvalue weighted by atomic mass is 16.5. The number of aliphatic hydroxyl groups excluding tert-OH is 1. The van der Waals surface area contributed by atoms with E-state index in [9.17, 15) is 5.11 Å². The molecule has 2 aromatic rings. The molecule has 134 valence electrons. The Bertz CT molecular complexity index is 708. The molecule has 0 aliphatic carbocycles. The van der Waals surface area contributed by atoms with Gasteiger partial charge in [0.05, 0.1) is 37.3 Å². The molecule has 1 fully saturated rings. The van der Waals surface area contributed by atoms with E-state index in [1.807, 2.05) is 32.3 Å². The number of hydrogen-bond donors (Lipinski definition) is 2. The lowest BCUT2D eigenvalue weighted by Crippen LogP contribution is -2.24. The summed E-state index contributed by atoms with van der Waals surface area (Å²) in [6, 6.07) is 6.35. The maximum absolute atomic E-state index is 9.60. The van der Waals surface area contributed by atoms with Gasteiger partial charge in [-0.2, -0.15) is 0 Å². The van der Waals surface area contributed by atoms with Gasteiger partial charge in [0, 0.05) is 19.2 Å². The second kappa shape index (κ2) is 8.27. The smallest absolute Gasteiger partial charge is 0.144 e. The minimum absolute atomic E-state index is 0.0116. The Morgan fingerprint density at radius 1 is 1.36 bits per heavy atom. The normalized spacial score (nSPS) is 17.6. The van der Waals surface area contributed by atoms with Crippen LogP contribution in [0.15, 0.2) is 30.6 Å². The number of benzene rings is 1. The first-order chi connectivity index (χ1) is 12.2. The maximum atomic E-state index is 9.60. The minimum atomic E-state index is -0.0116. The van der Waals surface area contributed by atoms with Crippen molar-refractivity contribution in [3.05, 3.63) is 47.4 Å². The molecule has 1 atom stereocenters. The third-order valence-electron chi connectivity index (χ3n) is 4.60. The lowest BCUT2D eigenvalue weighted by atomic mass is 10.1. The van der Waals surface area contributed by atoms with Crippen molar-refractivity contribution in [1.29, 1.82) is 0 Å². The van der Waals surface area contributed by atoms with Crippen molar-refractivity contribution < 1.29 is 9.84 Å². The van der Waals surface area contributed by atoms with Gasteiger partial charge in [-0.1, -0.05) is 6.07 Å². The minimum Gasteiger partial charge on any atom is -0.494 e. The molecule has 0 spiro atoms. The Labute approximate surface area is 148 Å². The summed E-state index contributed by atoms with van der Waals surface area (Å²) < 4.78 is 5.57. The van der Waals surface area contributed by atoms with Crippen molar-refractivity contribution in [3.8, 4) is 5.75 Å². The zero-order valence-corrected chi connectivity index (χ0v) is 14.9. The maximum Gasteiger partial charge on any atom is 0.144 e. The van der Waals surface area contributed by atoms with Gasteiger partial charge < -0.3 is 15.2 Å². The van der Waals surface area contributed by atoms with Gasteiger partial charge >= 0.3 is 0 Å². The standard InChI is InChI=1S/C19H26N4O2/c1-3-25-18-7-6-14(9-15(18)13-24)12-23-8-4-5-17(23)16-10-21-11-19(20-2)22-16/h6-7,9-11,17,24H,3-5,8,12-13H2,1-2H3,(H,20,22). The highest BCUT2D eigenvalue weighted by molar-refractivity contribution is 5.37. The van der Waals surface area contributed by atoms with Crippen LogP contribution in [-0.2, 0) is 13.2 Å². The molecule has 0 amide bonds. The van der Waals surface area contributed by atoms with Crippen LogP contribution in [0.5, 0.6) is 5.75 Å². The first-order valence-electron chi connectivity index (χ1n) is 8.84. The summed E-state index contributed by atoms with van der Waals surface area (Å²) >= 11 is 0. The molecule has 2 heterocycles. The second-order valence-electron chi connectivity index (χ2n) is 6.24. The topological polar surface area (TPSA) is 70.5 Å². The van der Waals surface area contributed by atoms with Crippen LogP contribution in [0.3, 0.4) is 0 Å². The number of aromatic nitrogens is 2. The highest BCUT2D eigenvalue weighted by Crippen LogP contribution is 2.33. The monoisotopic (exact) mass is 342 g/mol. The lowest BCUT2D eigenvalue weighted by molar-refractivity contribution is 0.242. The second-order valence-corrected chi connectivity index (χ2v) is 6.24. The van der Waals surface area contributed by atoms with Crippen LogP contribution in [0, 0.1) is 0 Å². The molecule has 25 heavy (non-hydrogen) atoms. The van der Waals surface area contributed by atoms with Crippen molar-refractivity contribution in [3.63, 3.8) is 0 Å². The Morgan fingerprint density at radius 3 is 3.00 bits per heavy atom. The molecule has 1 aromatic carbocycles. The van der Waals surface area contributed by atoms with E-state index in [4.69, 9.17) is 4.74 Å². The summed E-state index contributed by atoms with van der Waals surface area (Å²) in [5, 5.41) is 12.7. The van der Waals surface area contributed by atoms with Gasteiger partial charge in [0.15, 0.2) is 0 Å². The van der Waals surface area contributed by atoms with Gasteiger partial charge in [0.25, 0.3) is 0 Å². The summed E-state index contributed by atoms with van der Waals surface area (Å²) in [4.78, 5) is 11.4. The summed E-state index contributed by atoms with van der Waals surface area (Å²) in [6.45, 7) is 4.40. The summed E-state index contributed by atoms with van der Waals surface area (Å²) in [5.41, 5.74) is 3.03. The molecule has 3 rings (SSSR count). The molecule has 2 N–H and O–H groups in total. The lowest BCUT2D eigenvalue weighted by Gasteiger charge is -2.24. The van der Waals surface area contributed by atoms with Crippen molar-refractivity contribution in [2.45, 2.75) is 39.0 Å². The SMILES string of the molecule is CCOc1ccc(CN2CCCC2c2cncc(NC)n2)cc1CO. The molecular weight excluding hydrogens is 316 g/mol. The van der Waals surface area contributed by atoms with E-state index in [0.29, 0.717) is 6.61 Å². The van der Waals surface area contributed by atoms with Gasteiger partial charge in [-0.3, -0.25) is 9.88 Å². The average Bonchev–Trinajstić information content (AvgIpc) is 3.11. The van der Waals surface area contributed by atoms with Gasteiger partial charge in [-0.05, 0) is 44.0 Å². The Hall–Kier alpha value is -2.18. The van der Waals surface area contributed by atoms with E-state index in [-0.39, 0.29) is 12.6 Å². The first kappa shape index (κ1) is 17.6. The van der Waals surface area contributed by atoms with E-state index < -0.39 is 0 Å². The van der Waals surface area contributed by atoms with Crippen LogP contribution in [0.25, 0.3) is 0 Å².